The number of rotatable bonds is 3. The fourth-order valence-corrected chi connectivity index (χ4v) is 2.45. The number of nitriles is 1. The van der Waals surface area contributed by atoms with E-state index in [0.29, 0.717) is 11.3 Å². The second-order valence-corrected chi connectivity index (χ2v) is 6.04. The first kappa shape index (κ1) is 17.5. The van der Waals surface area contributed by atoms with Gasteiger partial charge < -0.3 is 5.32 Å². The maximum absolute atomic E-state index is 13.2. The molecule has 2 aromatic carbocycles. The van der Waals surface area contributed by atoms with Crippen molar-refractivity contribution in [2.24, 2.45) is 0 Å². The number of anilines is 1. The van der Waals surface area contributed by atoms with Crippen molar-refractivity contribution in [2.45, 2.75) is 0 Å². The molecule has 116 valence electrons. The lowest BCUT2D eigenvalue weighted by molar-refractivity contribution is -0.112. The molecule has 1 N–H and O–H groups in total. The largest absolute Gasteiger partial charge is 0.320 e. The molecule has 0 fully saturated rings. The number of hydrogen-bond acceptors (Lipinski definition) is 2. The fraction of sp³-hybridized carbons (Fsp3) is 0. The van der Waals surface area contributed by atoms with Gasteiger partial charge >= 0.3 is 0 Å². The lowest BCUT2D eigenvalue weighted by Crippen LogP contribution is -2.13. The van der Waals surface area contributed by atoms with Gasteiger partial charge in [-0.3, -0.25) is 4.79 Å². The van der Waals surface area contributed by atoms with Crippen LogP contribution >= 0.6 is 39.1 Å². The van der Waals surface area contributed by atoms with Crippen molar-refractivity contribution in [2.75, 3.05) is 5.32 Å². The molecule has 0 atom stereocenters. The van der Waals surface area contributed by atoms with Crippen LogP contribution < -0.4 is 5.32 Å². The third-order valence-corrected chi connectivity index (χ3v) is 4.25. The van der Waals surface area contributed by atoms with Crippen LogP contribution in [0.15, 0.2) is 46.4 Å². The number of carbonyl (C=O) groups excluding carboxylic acids is 1. The molecule has 1 amide bonds. The van der Waals surface area contributed by atoms with Crippen LogP contribution in [0.2, 0.25) is 10.0 Å². The smallest absolute Gasteiger partial charge is 0.266 e. The average Bonchev–Trinajstić information content (AvgIpc) is 2.52. The van der Waals surface area contributed by atoms with E-state index in [1.165, 1.54) is 24.3 Å². The van der Waals surface area contributed by atoms with E-state index in [-0.39, 0.29) is 20.1 Å². The van der Waals surface area contributed by atoms with E-state index >= 15 is 0 Å². The molecule has 0 unspecified atom stereocenters. The van der Waals surface area contributed by atoms with Gasteiger partial charge in [0.25, 0.3) is 5.91 Å². The fourth-order valence-electron chi connectivity index (χ4n) is 1.71. The maximum Gasteiger partial charge on any atom is 0.266 e. The third kappa shape index (κ3) is 4.32. The molecule has 0 aromatic heterocycles. The zero-order valence-electron chi connectivity index (χ0n) is 11.4. The van der Waals surface area contributed by atoms with Crippen LogP contribution in [0.25, 0.3) is 6.08 Å². The zero-order chi connectivity index (χ0) is 17.0. The van der Waals surface area contributed by atoms with Crippen molar-refractivity contribution >= 4 is 56.8 Å². The van der Waals surface area contributed by atoms with Gasteiger partial charge in [0.1, 0.15) is 17.5 Å². The molecular formula is C16H8BrCl2FN2O. The molecule has 0 aliphatic rings. The molecule has 0 radical (unpaired) electrons. The van der Waals surface area contributed by atoms with Crippen LogP contribution in [0.1, 0.15) is 5.56 Å². The standard InChI is InChI=1S/C16H8BrCl2FN2O/c17-11-7-9(4-5-13(11)20)6-10(8-21)16(23)22-14-3-1-2-12(18)15(14)19/h1-7H,(H,22,23)/b10-6+. The van der Waals surface area contributed by atoms with Crippen LogP contribution in [-0.2, 0) is 4.79 Å². The number of hydrogen-bond donors (Lipinski definition) is 1. The van der Waals surface area contributed by atoms with Gasteiger partial charge in [0.15, 0.2) is 0 Å². The molecule has 0 saturated heterocycles. The van der Waals surface area contributed by atoms with Crippen LogP contribution in [0.4, 0.5) is 10.1 Å². The number of amides is 1. The van der Waals surface area contributed by atoms with Gasteiger partial charge in [0.05, 0.1) is 20.2 Å². The first-order valence-electron chi connectivity index (χ1n) is 6.24. The van der Waals surface area contributed by atoms with Crippen molar-refractivity contribution in [1.29, 1.82) is 5.26 Å². The summed E-state index contributed by atoms with van der Waals surface area (Å²) in [5.41, 5.74) is 0.646. The predicted molar refractivity (Wildman–Crippen MR) is 92.8 cm³/mol. The normalized spacial score (nSPS) is 11.0. The Morgan fingerprint density at radius 2 is 2.04 bits per heavy atom. The Morgan fingerprint density at radius 1 is 1.30 bits per heavy atom. The van der Waals surface area contributed by atoms with Gasteiger partial charge in [-0.1, -0.05) is 35.3 Å². The van der Waals surface area contributed by atoms with Crippen LogP contribution in [0.5, 0.6) is 0 Å². The van der Waals surface area contributed by atoms with E-state index in [0.717, 1.165) is 0 Å². The molecule has 23 heavy (non-hydrogen) atoms. The lowest BCUT2D eigenvalue weighted by atomic mass is 10.1. The van der Waals surface area contributed by atoms with E-state index in [1.54, 1.807) is 24.3 Å². The summed E-state index contributed by atoms with van der Waals surface area (Å²) in [4.78, 5) is 12.2. The first-order chi connectivity index (χ1) is 10.9. The Balaban J connectivity index is 2.28. The first-order valence-corrected chi connectivity index (χ1v) is 7.79. The Kier molecular flexibility index (Phi) is 5.78. The molecule has 0 aliphatic carbocycles. The molecule has 2 rings (SSSR count). The third-order valence-electron chi connectivity index (χ3n) is 2.82. The SMILES string of the molecule is N#C/C(=C\c1ccc(F)c(Br)c1)C(=O)Nc1cccc(Cl)c1Cl. The minimum atomic E-state index is -0.642. The highest BCUT2D eigenvalue weighted by atomic mass is 79.9. The summed E-state index contributed by atoms with van der Waals surface area (Å²) in [7, 11) is 0. The number of halogens is 4. The van der Waals surface area contributed by atoms with Crippen LogP contribution in [0, 0.1) is 17.1 Å². The van der Waals surface area contributed by atoms with E-state index in [4.69, 9.17) is 28.5 Å². The Labute approximate surface area is 150 Å². The van der Waals surface area contributed by atoms with Gasteiger partial charge in [0.2, 0.25) is 0 Å². The van der Waals surface area contributed by atoms with Crippen molar-refractivity contribution in [1.82, 2.24) is 0 Å². The van der Waals surface area contributed by atoms with Crippen LogP contribution in [0.3, 0.4) is 0 Å². The summed E-state index contributed by atoms with van der Waals surface area (Å²) < 4.78 is 13.4. The van der Waals surface area contributed by atoms with E-state index in [1.807, 2.05) is 0 Å². The Bertz CT molecular complexity index is 846. The number of nitrogens with one attached hydrogen (secondary N) is 1. The molecule has 0 spiro atoms. The predicted octanol–water partition coefficient (Wildman–Crippen LogP) is 5.44. The average molecular weight is 414 g/mol. The topological polar surface area (TPSA) is 52.9 Å². The van der Waals surface area contributed by atoms with Gasteiger partial charge in [0, 0.05) is 0 Å². The van der Waals surface area contributed by atoms with E-state index in [2.05, 4.69) is 21.2 Å². The molecule has 0 saturated carbocycles. The van der Waals surface area contributed by atoms with E-state index in [9.17, 15) is 9.18 Å². The van der Waals surface area contributed by atoms with Gasteiger partial charge in [-0.15, -0.1) is 0 Å². The van der Waals surface area contributed by atoms with Crippen molar-refractivity contribution < 1.29 is 9.18 Å². The molecule has 2 aromatic rings. The number of nitrogens with zero attached hydrogens (tertiary/aromatic N) is 1. The monoisotopic (exact) mass is 412 g/mol. The summed E-state index contributed by atoms with van der Waals surface area (Å²) in [5.74, 6) is -1.08. The van der Waals surface area contributed by atoms with Gasteiger partial charge in [-0.25, -0.2) is 4.39 Å². The highest BCUT2D eigenvalue weighted by Gasteiger charge is 2.13. The number of carbonyl (C=O) groups is 1. The highest BCUT2D eigenvalue weighted by Crippen LogP contribution is 2.29. The zero-order valence-corrected chi connectivity index (χ0v) is 14.5. The molecule has 7 heteroatoms. The summed E-state index contributed by atoms with van der Waals surface area (Å²) in [5, 5.41) is 12.1. The van der Waals surface area contributed by atoms with Crippen molar-refractivity contribution in [3.63, 3.8) is 0 Å². The van der Waals surface area contributed by atoms with Gasteiger partial charge in [-0.05, 0) is 51.8 Å². The summed E-state index contributed by atoms with van der Waals surface area (Å²) >= 11 is 14.9. The van der Waals surface area contributed by atoms with Gasteiger partial charge in [-0.2, -0.15) is 5.26 Å². The minimum absolute atomic E-state index is 0.153. The maximum atomic E-state index is 13.2. The highest BCUT2D eigenvalue weighted by molar-refractivity contribution is 9.10. The minimum Gasteiger partial charge on any atom is -0.320 e. The molecular weight excluding hydrogens is 406 g/mol. The quantitative estimate of drug-likeness (QED) is 0.537. The van der Waals surface area contributed by atoms with Crippen LogP contribution in [-0.4, -0.2) is 5.91 Å². The summed E-state index contributed by atoms with van der Waals surface area (Å²) in [6.07, 6.45) is 1.35. The summed E-state index contributed by atoms with van der Waals surface area (Å²) in [6, 6.07) is 10.7. The molecule has 0 aliphatic heterocycles. The molecule has 3 nitrogen and oxygen atoms in total. The van der Waals surface area contributed by atoms with Crippen molar-refractivity contribution in [3.05, 3.63) is 67.9 Å². The second-order valence-electron chi connectivity index (χ2n) is 4.40. The molecule has 0 heterocycles. The Morgan fingerprint density at radius 3 is 2.70 bits per heavy atom. The van der Waals surface area contributed by atoms with Crippen molar-refractivity contribution in [3.8, 4) is 6.07 Å². The lowest BCUT2D eigenvalue weighted by Gasteiger charge is -2.07. The second kappa shape index (κ2) is 7.60. The molecule has 0 bridgehead atoms. The Hall–Kier alpha value is -1.87. The number of benzene rings is 2. The summed E-state index contributed by atoms with van der Waals surface area (Å²) in [6.45, 7) is 0. The van der Waals surface area contributed by atoms with E-state index < -0.39 is 11.7 Å².